The summed E-state index contributed by atoms with van der Waals surface area (Å²) in [6, 6.07) is 4.11. The van der Waals surface area contributed by atoms with Crippen molar-refractivity contribution in [3.8, 4) is 0 Å². The molecule has 4 amide bonds. The summed E-state index contributed by atoms with van der Waals surface area (Å²) in [5.41, 5.74) is 6.99. The van der Waals surface area contributed by atoms with Gasteiger partial charge in [0.1, 0.15) is 6.04 Å². The van der Waals surface area contributed by atoms with E-state index in [9.17, 15) is 19.2 Å². The summed E-state index contributed by atoms with van der Waals surface area (Å²) in [4.78, 5) is 50.0. The maximum absolute atomic E-state index is 12.8. The van der Waals surface area contributed by atoms with Crippen molar-refractivity contribution in [2.24, 2.45) is 5.73 Å². The van der Waals surface area contributed by atoms with Gasteiger partial charge in [0.25, 0.3) is 11.8 Å². The molecule has 9 nitrogen and oxygen atoms in total. The van der Waals surface area contributed by atoms with E-state index < -0.39 is 29.7 Å². The monoisotopic (exact) mass is 386 g/mol. The second-order valence-electron chi connectivity index (χ2n) is 7.47. The molecule has 2 fully saturated rings. The van der Waals surface area contributed by atoms with Crippen LogP contribution in [0.3, 0.4) is 0 Å². The van der Waals surface area contributed by atoms with Crippen molar-refractivity contribution in [2.75, 3.05) is 19.8 Å². The maximum atomic E-state index is 12.8. The molecule has 1 aromatic rings. The van der Waals surface area contributed by atoms with Gasteiger partial charge in [-0.15, -0.1) is 0 Å². The Bertz CT molecular complexity index is 862. The molecule has 0 saturated carbocycles. The number of fused-ring (bicyclic) bond motifs is 1. The predicted molar refractivity (Wildman–Crippen MR) is 97.2 cm³/mol. The zero-order valence-electron chi connectivity index (χ0n) is 15.3. The number of carbonyl (C=O) groups is 4. The van der Waals surface area contributed by atoms with Gasteiger partial charge >= 0.3 is 0 Å². The maximum Gasteiger partial charge on any atom is 0.262 e. The predicted octanol–water partition coefficient (Wildman–Crippen LogP) is -0.705. The van der Waals surface area contributed by atoms with Gasteiger partial charge in [-0.1, -0.05) is 6.07 Å². The summed E-state index contributed by atoms with van der Waals surface area (Å²) in [5.74, 6) is -2.01. The molecular weight excluding hydrogens is 364 g/mol. The number of amides is 4. The van der Waals surface area contributed by atoms with Gasteiger partial charge in [0.2, 0.25) is 11.8 Å². The van der Waals surface area contributed by atoms with E-state index in [4.69, 9.17) is 10.5 Å². The highest BCUT2D eigenvalue weighted by atomic mass is 16.5. The van der Waals surface area contributed by atoms with Crippen molar-refractivity contribution in [3.63, 3.8) is 0 Å². The standard InChI is InChI=1S/C19H22N4O5/c20-9-19(5-6-28-10-19)21-8-11-1-2-12-13(7-11)18(27)23(17(12)26)14-3-4-15(24)22-16(14)25/h1-2,7,14,21H,3-6,8-10,20H2,(H,22,24,25). The zero-order valence-corrected chi connectivity index (χ0v) is 15.3. The SMILES string of the molecule is NCC1(NCc2ccc3c(c2)C(=O)N(C2CCC(=O)NC2=O)C3=O)CCOC1. The number of benzene rings is 1. The van der Waals surface area contributed by atoms with Gasteiger partial charge in [-0.3, -0.25) is 29.4 Å². The van der Waals surface area contributed by atoms with Gasteiger partial charge in [-0.25, -0.2) is 0 Å². The van der Waals surface area contributed by atoms with Gasteiger partial charge < -0.3 is 15.8 Å². The first-order valence-corrected chi connectivity index (χ1v) is 9.31. The van der Waals surface area contributed by atoms with Gasteiger partial charge in [0.15, 0.2) is 0 Å². The highest BCUT2D eigenvalue weighted by Gasteiger charge is 2.44. The second-order valence-corrected chi connectivity index (χ2v) is 7.47. The summed E-state index contributed by atoms with van der Waals surface area (Å²) in [6.07, 6.45) is 1.06. The van der Waals surface area contributed by atoms with E-state index in [1.807, 2.05) is 0 Å². The molecule has 0 spiro atoms. The van der Waals surface area contributed by atoms with Crippen LogP contribution in [0.4, 0.5) is 0 Å². The quantitative estimate of drug-likeness (QED) is 0.570. The van der Waals surface area contributed by atoms with Crippen LogP contribution in [0.15, 0.2) is 18.2 Å². The number of ether oxygens (including phenoxy) is 1. The van der Waals surface area contributed by atoms with Crippen LogP contribution in [-0.4, -0.2) is 59.9 Å². The molecular formula is C19H22N4O5. The minimum Gasteiger partial charge on any atom is -0.379 e. The number of nitrogens with two attached hydrogens (primary N) is 1. The van der Waals surface area contributed by atoms with E-state index in [0.29, 0.717) is 26.3 Å². The van der Waals surface area contributed by atoms with Crippen molar-refractivity contribution in [3.05, 3.63) is 34.9 Å². The molecule has 2 saturated heterocycles. The van der Waals surface area contributed by atoms with Crippen molar-refractivity contribution in [1.82, 2.24) is 15.5 Å². The number of imide groups is 2. The number of nitrogens with one attached hydrogen (secondary N) is 2. The van der Waals surface area contributed by atoms with Crippen LogP contribution in [0.2, 0.25) is 0 Å². The molecule has 0 radical (unpaired) electrons. The lowest BCUT2D eigenvalue weighted by Crippen LogP contribution is -2.54. The lowest BCUT2D eigenvalue weighted by molar-refractivity contribution is -0.136. The molecule has 0 aromatic heterocycles. The first-order valence-electron chi connectivity index (χ1n) is 9.31. The van der Waals surface area contributed by atoms with Crippen LogP contribution >= 0.6 is 0 Å². The van der Waals surface area contributed by atoms with E-state index in [1.165, 1.54) is 0 Å². The van der Waals surface area contributed by atoms with Gasteiger partial charge in [0, 0.05) is 26.1 Å². The summed E-state index contributed by atoms with van der Waals surface area (Å²) in [5, 5.41) is 5.59. The Morgan fingerprint density at radius 2 is 2.00 bits per heavy atom. The Kier molecular flexibility index (Phi) is 4.74. The average Bonchev–Trinajstić information content (AvgIpc) is 3.25. The van der Waals surface area contributed by atoms with E-state index in [-0.39, 0.29) is 29.5 Å². The first kappa shape index (κ1) is 18.7. The van der Waals surface area contributed by atoms with E-state index in [2.05, 4.69) is 10.6 Å². The Balaban J connectivity index is 1.52. The fourth-order valence-electron chi connectivity index (χ4n) is 3.90. The number of nitrogens with zero attached hydrogens (tertiary/aromatic N) is 1. The van der Waals surface area contributed by atoms with Crippen molar-refractivity contribution < 1.29 is 23.9 Å². The molecule has 4 rings (SSSR count). The third kappa shape index (κ3) is 3.11. The Labute approximate surface area is 161 Å². The third-order valence-corrected chi connectivity index (χ3v) is 5.67. The Morgan fingerprint density at radius 1 is 1.21 bits per heavy atom. The summed E-state index contributed by atoms with van der Waals surface area (Å²) in [6.45, 7) is 2.11. The fraction of sp³-hybridized carbons (Fsp3) is 0.474. The molecule has 3 aliphatic heterocycles. The first-order chi connectivity index (χ1) is 13.4. The third-order valence-electron chi connectivity index (χ3n) is 5.67. The van der Waals surface area contributed by atoms with Crippen LogP contribution in [0, 0.1) is 0 Å². The molecule has 3 heterocycles. The molecule has 2 unspecified atom stereocenters. The highest BCUT2D eigenvalue weighted by molar-refractivity contribution is 6.23. The number of rotatable bonds is 5. The Morgan fingerprint density at radius 3 is 2.68 bits per heavy atom. The molecule has 2 atom stereocenters. The molecule has 0 aliphatic carbocycles. The van der Waals surface area contributed by atoms with Crippen LogP contribution < -0.4 is 16.4 Å². The Hall–Kier alpha value is -2.62. The lowest BCUT2D eigenvalue weighted by Gasteiger charge is -2.27. The number of carbonyl (C=O) groups excluding carboxylic acids is 4. The van der Waals surface area contributed by atoms with Crippen LogP contribution in [0.25, 0.3) is 0 Å². The molecule has 1 aromatic carbocycles. The smallest absolute Gasteiger partial charge is 0.262 e. The van der Waals surface area contributed by atoms with Crippen molar-refractivity contribution >= 4 is 23.6 Å². The van der Waals surface area contributed by atoms with E-state index in [0.717, 1.165) is 16.9 Å². The topological polar surface area (TPSA) is 131 Å². The molecule has 0 bridgehead atoms. The molecule has 9 heteroatoms. The minimum absolute atomic E-state index is 0.0994. The van der Waals surface area contributed by atoms with Crippen molar-refractivity contribution in [1.29, 1.82) is 0 Å². The normalized spacial score (nSPS) is 27.3. The van der Waals surface area contributed by atoms with E-state index in [1.54, 1.807) is 18.2 Å². The summed E-state index contributed by atoms with van der Waals surface area (Å²) in [7, 11) is 0. The van der Waals surface area contributed by atoms with Gasteiger partial charge in [-0.2, -0.15) is 0 Å². The molecule has 4 N–H and O–H groups in total. The fourth-order valence-corrected chi connectivity index (χ4v) is 3.90. The van der Waals surface area contributed by atoms with Gasteiger partial charge in [-0.05, 0) is 30.5 Å². The summed E-state index contributed by atoms with van der Waals surface area (Å²) >= 11 is 0. The van der Waals surface area contributed by atoms with Crippen LogP contribution in [0.1, 0.15) is 45.5 Å². The van der Waals surface area contributed by atoms with Crippen molar-refractivity contribution in [2.45, 2.75) is 37.4 Å². The molecule has 3 aliphatic rings. The summed E-state index contributed by atoms with van der Waals surface area (Å²) < 4.78 is 5.43. The number of hydrogen-bond acceptors (Lipinski definition) is 7. The van der Waals surface area contributed by atoms with E-state index >= 15 is 0 Å². The van der Waals surface area contributed by atoms with Crippen LogP contribution in [0.5, 0.6) is 0 Å². The number of hydrogen-bond donors (Lipinski definition) is 3. The average molecular weight is 386 g/mol. The van der Waals surface area contributed by atoms with Crippen LogP contribution in [-0.2, 0) is 20.9 Å². The molecule has 148 valence electrons. The zero-order chi connectivity index (χ0) is 19.9. The second kappa shape index (κ2) is 7.08. The molecule has 28 heavy (non-hydrogen) atoms. The lowest BCUT2D eigenvalue weighted by atomic mass is 9.98. The largest absolute Gasteiger partial charge is 0.379 e. The number of piperidine rings is 1. The minimum atomic E-state index is -0.956. The highest BCUT2D eigenvalue weighted by Crippen LogP contribution is 2.28. The van der Waals surface area contributed by atoms with Gasteiger partial charge in [0.05, 0.1) is 23.3 Å².